The number of aryl methyl sites for hydroxylation is 1. The predicted octanol–water partition coefficient (Wildman–Crippen LogP) is 3.76. The van der Waals surface area contributed by atoms with Crippen LogP contribution >= 0.6 is 0 Å². The van der Waals surface area contributed by atoms with E-state index in [-0.39, 0.29) is 0 Å². The highest BCUT2D eigenvalue weighted by molar-refractivity contribution is 5.80. The minimum Gasteiger partial charge on any atom is -0.330 e. The van der Waals surface area contributed by atoms with Crippen LogP contribution in [-0.4, -0.2) is 12.3 Å². The Labute approximate surface area is 123 Å². The maximum Gasteiger partial charge on any atom is 0.137 e. The molecule has 2 heteroatoms. The third kappa shape index (κ3) is 5.87. The van der Waals surface area contributed by atoms with Gasteiger partial charge in [-0.25, -0.2) is 0 Å². The Hall–Kier alpha value is -1.15. The number of Topliss-reactive ketones (excluding diaryl/α,β-unsaturated/α-hetero) is 1. The SMILES string of the molecule is CCc1ccc(CC(=O)CCC(CCN)C(C)C)cc1. The van der Waals surface area contributed by atoms with Crippen LogP contribution in [0.5, 0.6) is 0 Å². The molecule has 0 aliphatic rings. The fourth-order valence-electron chi connectivity index (χ4n) is 2.58. The first-order chi connectivity index (χ1) is 9.56. The fraction of sp³-hybridized carbons (Fsp3) is 0.611. The zero-order valence-electron chi connectivity index (χ0n) is 13.2. The Morgan fingerprint density at radius 2 is 1.70 bits per heavy atom. The highest BCUT2D eigenvalue weighted by Gasteiger charge is 2.14. The lowest BCUT2D eigenvalue weighted by molar-refractivity contribution is -0.118. The number of carbonyl (C=O) groups is 1. The van der Waals surface area contributed by atoms with Crippen molar-refractivity contribution < 1.29 is 4.79 Å². The van der Waals surface area contributed by atoms with Crippen LogP contribution in [-0.2, 0) is 17.6 Å². The number of benzene rings is 1. The summed E-state index contributed by atoms with van der Waals surface area (Å²) in [6, 6.07) is 8.40. The first-order valence-electron chi connectivity index (χ1n) is 7.86. The Balaban J connectivity index is 2.42. The fourth-order valence-corrected chi connectivity index (χ4v) is 2.58. The summed E-state index contributed by atoms with van der Waals surface area (Å²) in [7, 11) is 0. The summed E-state index contributed by atoms with van der Waals surface area (Å²) in [4.78, 5) is 12.1. The van der Waals surface area contributed by atoms with E-state index in [1.54, 1.807) is 0 Å². The van der Waals surface area contributed by atoms with Gasteiger partial charge < -0.3 is 5.73 Å². The zero-order valence-corrected chi connectivity index (χ0v) is 13.2. The number of hydrogen-bond donors (Lipinski definition) is 1. The lowest BCUT2D eigenvalue weighted by Gasteiger charge is -2.19. The highest BCUT2D eigenvalue weighted by Crippen LogP contribution is 2.21. The van der Waals surface area contributed by atoms with Crippen LogP contribution in [0.15, 0.2) is 24.3 Å². The van der Waals surface area contributed by atoms with Gasteiger partial charge in [-0.05, 0) is 48.8 Å². The Kier molecular flexibility index (Phi) is 7.53. The molecule has 0 spiro atoms. The van der Waals surface area contributed by atoms with Gasteiger partial charge in [-0.3, -0.25) is 4.79 Å². The van der Waals surface area contributed by atoms with E-state index in [4.69, 9.17) is 5.73 Å². The monoisotopic (exact) mass is 275 g/mol. The first kappa shape index (κ1) is 16.9. The summed E-state index contributed by atoms with van der Waals surface area (Å²) in [5, 5.41) is 0. The summed E-state index contributed by atoms with van der Waals surface area (Å²) >= 11 is 0. The molecule has 0 radical (unpaired) electrons. The van der Waals surface area contributed by atoms with Gasteiger partial charge >= 0.3 is 0 Å². The van der Waals surface area contributed by atoms with Crippen LogP contribution in [0.2, 0.25) is 0 Å². The molecule has 1 atom stereocenters. The molecular formula is C18H29NO. The van der Waals surface area contributed by atoms with E-state index in [9.17, 15) is 4.79 Å². The van der Waals surface area contributed by atoms with Crippen molar-refractivity contribution in [3.05, 3.63) is 35.4 Å². The molecule has 1 aromatic rings. The van der Waals surface area contributed by atoms with Crippen LogP contribution in [0.3, 0.4) is 0 Å². The maximum absolute atomic E-state index is 12.1. The molecule has 0 aliphatic carbocycles. The Morgan fingerprint density at radius 1 is 1.10 bits per heavy atom. The molecule has 1 unspecified atom stereocenters. The van der Waals surface area contributed by atoms with E-state index in [0.717, 1.165) is 31.4 Å². The molecule has 0 saturated heterocycles. The number of ketones is 1. The molecule has 0 heterocycles. The van der Waals surface area contributed by atoms with E-state index in [1.165, 1.54) is 5.56 Å². The zero-order chi connectivity index (χ0) is 15.0. The molecule has 0 aliphatic heterocycles. The standard InChI is InChI=1S/C18H29NO/c1-4-15-5-7-16(8-6-15)13-18(20)10-9-17(11-12-19)14(2)3/h5-8,14,17H,4,9-13,19H2,1-3H3. The maximum atomic E-state index is 12.1. The molecule has 0 aromatic heterocycles. The summed E-state index contributed by atoms with van der Waals surface area (Å²) in [5.41, 5.74) is 8.09. The van der Waals surface area contributed by atoms with Gasteiger partial charge in [0.05, 0.1) is 0 Å². The lowest BCUT2D eigenvalue weighted by atomic mass is 9.87. The van der Waals surface area contributed by atoms with Gasteiger partial charge in [0.25, 0.3) is 0 Å². The van der Waals surface area contributed by atoms with Crippen LogP contribution in [0.25, 0.3) is 0 Å². The quantitative estimate of drug-likeness (QED) is 0.745. The average Bonchev–Trinajstić information content (AvgIpc) is 2.44. The molecule has 112 valence electrons. The minimum atomic E-state index is 0.344. The van der Waals surface area contributed by atoms with Crippen LogP contribution in [0.1, 0.15) is 51.2 Å². The molecule has 0 fully saturated rings. The predicted molar refractivity (Wildman–Crippen MR) is 85.8 cm³/mol. The van der Waals surface area contributed by atoms with Crippen LogP contribution in [0.4, 0.5) is 0 Å². The van der Waals surface area contributed by atoms with Crippen molar-refractivity contribution in [2.24, 2.45) is 17.6 Å². The van der Waals surface area contributed by atoms with Crippen molar-refractivity contribution in [2.75, 3.05) is 6.54 Å². The summed E-state index contributed by atoms with van der Waals surface area (Å²) in [6.07, 6.45) is 4.29. The van der Waals surface area contributed by atoms with Crippen molar-refractivity contribution in [3.8, 4) is 0 Å². The van der Waals surface area contributed by atoms with E-state index >= 15 is 0 Å². The van der Waals surface area contributed by atoms with Crippen molar-refractivity contribution in [2.45, 2.75) is 52.9 Å². The Morgan fingerprint density at radius 3 is 2.20 bits per heavy atom. The number of hydrogen-bond acceptors (Lipinski definition) is 2. The molecule has 20 heavy (non-hydrogen) atoms. The van der Waals surface area contributed by atoms with E-state index in [2.05, 4.69) is 45.0 Å². The van der Waals surface area contributed by atoms with Gasteiger partial charge in [-0.2, -0.15) is 0 Å². The van der Waals surface area contributed by atoms with Gasteiger partial charge in [0, 0.05) is 12.8 Å². The van der Waals surface area contributed by atoms with Gasteiger partial charge in [-0.1, -0.05) is 45.0 Å². The second-order valence-corrected chi connectivity index (χ2v) is 6.01. The average molecular weight is 275 g/mol. The first-order valence-corrected chi connectivity index (χ1v) is 7.86. The molecule has 0 amide bonds. The highest BCUT2D eigenvalue weighted by atomic mass is 16.1. The Bertz CT molecular complexity index is 394. The molecule has 2 N–H and O–H groups in total. The van der Waals surface area contributed by atoms with E-state index in [0.29, 0.717) is 30.5 Å². The summed E-state index contributed by atoms with van der Waals surface area (Å²) in [5.74, 6) is 1.53. The van der Waals surface area contributed by atoms with E-state index in [1.807, 2.05) is 0 Å². The number of carbonyl (C=O) groups excluding carboxylic acids is 1. The molecule has 1 aromatic carbocycles. The van der Waals surface area contributed by atoms with Crippen molar-refractivity contribution in [1.29, 1.82) is 0 Å². The second kappa shape index (κ2) is 8.91. The smallest absolute Gasteiger partial charge is 0.137 e. The molecule has 2 nitrogen and oxygen atoms in total. The van der Waals surface area contributed by atoms with Crippen molar-refractivity contribution in [3.63, 3.8) is 0 Å². The third-order valence-electron chi connectivity index (χ3n) is 4.11. The normalized spacial score (nSPS) is 12.7. The molecule has 0 bridgehead atoms. The second-order valence-electron chi connectivity index (χ2n) is 6.01. The van der Waals surface area contributed by atoms with Crippen LogP contribution < -0.4 is 5.73 Å². The van der Waals surface area contributed by atoms with Gasteiger partial charge in [0.15, 0.2) is 0 Å². The van der Waals surface area contributed by atoms with Gasteiger partial charge in [-0.15, -0.1) is 0 Å². The van der Waals surface area contributed by atoms with Crippen molar-refractivity contribution in [1.82, 2.24) is 0 Å². The van der Waals surface area contributed by atoms with Gasteiger partial charge in [0.1, 0.15) is 5.78 Å². The number of rotatable bonds is 9. The lowest BCUT2D eigenvalue weighted by Crippen LogP contribution is -2.16. The topological polar surface area (TPSA) is 43.1 Å². The molecule has 0 saturated carbocycles. The van der Waals surface area contributed by atoms with Crippen LogP contribution in [0, 0.1) is 11.8 Å². The summed E-state index contributed by atoms with van der Waals surface area (Å²) in [6.45, 7) is 7.29. The molecule has 1 rings (SSSR count). The minimum absolute atomic E-state index is 0.344. The van der Waals surface area contributed by atoms with E-state index < -0.39 is 0 Å². The summed E-state index contributed by atoms with van der Waals surface area (Å²) < 4.78 is 0. The number of nitrogens with two attached hydrogens (primary N) is 1. The largest absolute Gasteiger partial charge is 0.330 e. The van der Waals surface area contributed by atoms with Gasteiger partial charge in [0.2, 0.25) is 0 Å². The van der Waals surface area contributed by atoms with Crippen molar-refractivity contribution >= 4 is 5.78 Å². The molecular weight excluding hydrogens is 246 g/mol. The third-order valence-corrected chi connectivity index (χ3v) is 4.11.